The predicted octanol–water partition coefficient (Wildman–Crippen LogP) is 3.40. The summed E-state index contributed by atoms with van der Waals surface area (Å²) in [6.07, 6.45) is 0. The zero-order valence-electron chi connectivity index (χ0n) is 17.4. The number of halogens is 1. The SMILES string of the molecule is Cc1ccc(/C(O)=C2/C(=O)C(=O)N(CCN3CCOCC3)C2c2ccccc2Cl)cc1. The molecule has 1 N–H and O–H groups in total. The van der Waals surface area contributed by atoms with E-state index in [0.717, 1.165) is 18.7 Å². The van der Waals surface area contributed by atoms with Crippen LogP contribution in [0.1, 0.15) is 22.7 Å². The van der Waals surface area contributed by atoms with Crippen LogP contribution in [0.4, 0.5) is 0 Å². The lowest BCUT2D eigenvalue weighted by atomic mass is 9.95. The van der Waals surface area contributed by atoms with Crippen molar-refractivity contribution in [3.8, 4) is 0 Å². The van der Waals surface area contributed by atoms with Crippen molar-refractivity contribution < 1.29 is 19.4 Å². The summed E-state index contributed by atoms with van der Waals surface area (Å²) in [4.78, 5) is 29.8. The quantitative estimate of drug-likeness (QED) is 0.438. The van der Waals surface area contributed by atoms with Crippen molar-refractivity contribution in [2.75, 3.05) is 39.4 Å². The molecule has 6 nitrogen and oxygen atoms in total. The predicted molar refractivity (Wildman–Crippen MR) is 119 cm³/mol. The molecule has 162 valence electrons. The normalized spacial score (nSPS) is 21.6. The molecule has 4 rings (SSSR count). The van der Waals surface area contributed by atoms with Crippen LogP contribution in [0.15, 0.2) is 54.1 Å². The Kier molecular flexibility index (Phi) is 6.41. The Labute approximate surface area is 186 Å². The zero-order chi connectivity index (χ0) is 22.0. The standard InChI is InChI=1S/C24H25ClN2O4/c1-16-6-8-17(9-7-16)22(28)20-21(18-4-2-3-5-19(18)25)27(24(30)23(20)29)11-10-26-12-14-31-15-13-26/h2-9,21,28H,10-15H2,1H3/b22-20-. The maximum absolute atomic E-state index is 13.1. The van der Waals surface area contributed by atoms with Crippen LogP contribution < -0.4 is 0 Å². The highest BCUT2D eigenvalue weighted by molar-refractivity contribution is 6.47. The molecule has 2 heterocycles. The lowest BCUT2D eigenvalue weighted by molar-refractivity contribution is -0.140. The fourth-order valence-electron chi connectivity index (χ4n) is 4.07. The fraction of sp³-hybridized carbons (Fsp3) is 0.333. The highest BCUT2D eigenvalue weighted by Gasteiger charge is 2.46. The smallest absolute Gasteiger partial charge is 0.295 e. The van der Waals surface area contributed by atoms with E-state index in [-0.39, 0.29) is 11.3 Å². The minimum atomic E-state index is -0.740. The van der Waals surface area contributed by atoms with Gasteiger partial charge in [-0.15, -0.1) is 0 Å². The van der Waals surface area contributed by atoms with Crippen LogP contribution in [-0.4, -0.2) is 66.0 Å². The fourth-order valence-corrected chi connectivity index (χ4v) is 4.31. The number of ketones is 1. The average molecular weight is 441 g/mol. The first-order valence-electron chi connectivity index (χ1n) is 10.4. The minimum Gasteiger partial charge on any atom is -0.507 e. The van der Waals surface area contributed by atoms with Gasteiger partial charge in [-0.05, 0) is 18.6 Å². The van der Waals surface area contributed by atoms with Gasteiger partial charge in [-0.3, -0.25) is 14.5 Å². The number of ether oxygens (including phenoxy) is 1. The molecule has 7 heteroatoms. The van der Waals surface area contributed by atoms with E-state index in [1.165, 1.54) is 4.90 Å². The maximum atomic E-state index is 13.1. The molecule has 1 unspecified atom stereocenters. The lowest BCUT2D eigenvalue weighted by Gasteiger charge is -2.31. The molecular formula is C24H25ClN2O4. The molecule has 0 aliphatic carbocycles. The zero-order valence-corrected chi connectivity index (χ0v) is 18.1. The molecule has 1 amide bonds. The summed E-state index contributed by atoms with van der Waals surface area (Å²) in [5.74, 6) is -1.49. The van der Waals surface area contributed by atoms with Crippen LogP contribution >= 0.6 is 11.6 Å². The highest BCUT2D eigenvalue weighted by atomic mass is 35.5. The molecule has 1 atom stereocenters. The van der Waals surface area contributed by atoms with Crippen LogP contribution in [0.5, 0.6) is 0 Å². The van der Waals surface area contributed by atoms with Crippen molar-refractivity contribution in [1.82, 2.24) is 9.80 Å². The third kappa shape index (κ3) is 4.37. The number of carbonyl (C=O) groups excluding carboxylic acids is 2. The van der Waals surface area contributed by atoms with Gasteiger partial charge in [0.25, 0.3) is 11.7 Å². The van der Waals surface area contributed by atoms with E-state index in [9.17, 15) is 14.7 Å². The molecule has 0 radical (unpaired) electrons. The van der Waals surface area contributed by atoms with E-state index in [1.54, 1.807) is 30.3 Å². The molecule has 0 spiro atoms. The number of rotatable bonds is 5. The summed E-state index contributed by atoms with van der Waals surface area (Å²) in [7, 11) is 0. The Morgan fingerprint density at radius 2 is 1.74 bits per heavy atom. The van der Waals surface area contributed by atoms with Crippen LogP contribution in [-0.2, 0) is 14.3 Å². The summed E-state index contributed by atoms with van der Waals surface area (Å²) in [5.41, 5.74) is 2.22. The summed E-state index contributed by atoms with van der Waals surface area (Å²) in [6, 6.07) is 13.6. The van der Waals surface area contributed by atoms with Crippen LogP contribution in [0.3, 0.4) is 0 Å². The monoisotopic (exact) mass is 440 g/mol. The van der Waals surface area contributed by atoms with Crippen LogP contribution in [0.2, 0.25) is 5.02 Å². The molecule has 0 bridgehead atoms. The number of amides is 1. The van der Waals surface area contributed by atoms with Crippen molar-refractivity contribution in [3.05, 3.63) is 75.8 Å². The Hall–Kier alpha value is -2.67. The summed E-state index contributed by atoms with van der Waals surface area (Å²) in [5, 5.41) is 11.5. The number of aliphatic hydroxyl groups excluding tert-OH is 1. The van der Waals surface area contributed by atoms with Crippen LogP contribution in [0.25, 0.3) is 5.76 Å². The lowest BCUT2D eigenvalue weighted by Crippen LogP contribution is -2.42. The topological polar surface area (TPSA) is 70.1 Å². The Morgan fingerprint density at radius 1 is 1.06 bits per heavy atom. The number of aryl methyl sites for hydroxylation is 1. The number of benzene rings is 2. The molecule has 2 aromatic rings. The first-order valence-corrected chi connectivity index (χ1v) is 10.7. The van der Waals surface area contributed by atoms with Gasteiger partial charge in [-0.2, -0.15) is 0 Å². The molecule has 2 aromatic carbocycles. The van der Waals surface area contributed by atoms with Crippen molar-refractivity contribution in [1.29, 1.82) is 0 Å². The first kappa shape index (κ1) is 21.6. The number of hydrogen-bond acceptors (Lipinski definition) is 5. The van der Waals surface area contributed by atoms with Crippen molar-refractivity contribution in [2.45, 2.75) is 13.0 Å². The highest BCUT2D eigenvalue weighted by Crippen LogP contribution is 2.41. The second-order valence-electron chi connectivity index (χ2n) is 7.83. The number of Topliss-reactive ketones (excluding diaryl/α,β-unsaturated/α-hetero) is 1. The number of aliphatic hydroxyl groups is 1. The molecule has 0 aromatic heterocycles. The largest absolute Gasteiger partial charge is 0.507 e. The minimum absolute atomic E-state index is 0.0731. The van der Waals surface area contributed by atoms with E-state index < -0.39 is 17.7 Å². The van der Waals surface area contributed by atoms with Gasteiger partial charge in [0.05, 0.1) is 24.8 Å². The second kappa shape index (κ2) is 9.22. The third-order valence-electron chi connectivity index (χ3n) is 5.83. The summed E-state index contributed by atoms with van der Waals surface area (Å²) < 4.78 is 5.39. The maximum Gasteiger partial charge on any atom is 0.295 e. The van der Waals surface area contributed by atoms with Gasteiger partial charge < -0.3 is 14.7 Å². The van der Waals surface area contributed by atoms with Gasteiger partial charge in [0.15, 0.2) is 0 Å². The number of likely N-dealkylation sites (tertiary alicyclic amines) is 1. The van der Waals surface area contributed by atoms with Gasteiger partial charge >= 0.3 is 0 Å². The second-order valence-corrected chi connectivity index (χ2v) is 8.24. The van der Waals surface area contributed by atoms with Gasteiger partial charge in [-0.1, -0.05) is 59.6 Å². The van der Waals surface area contributed by atoms with Crippen LogP contribution in [0, 0.1) is 6.92 Å². The van der Waals surface area contributed by atoms with E-state index in [0.29, 0.717) is 42.5 Å². The van der Waals surface area contributed by atoms with Gasteiger partial charge in [0.2, 0.25) is 0 Å². The van der Waals surface area contributed by atoms with Crippen molar-refractivity contribution in [3.63, 3.8) is 0 Å². The van der Waals surface area contributed by atoms with Gasteiger partial charge in [-0.25, -0.2) is 0 Å². The summed E-state index contributed by atoms with van der Waals surface area (Å²) in [6.45, 7) is 5.78. The molecule has 2 aliphatic heterocycles. The van der Waals surface area contributed by atoms with E-state index >= 15 is 0 Å². The Bertz CT molecular complexity index is 1010. The number of hydrogen-bond donors (Lipinski definition) is 1. The van der Waals surface area contributed by atoms with Gasteiger partial charge in [0, 0.05) is 36.8 Å². The molecule has 2 aliphatic rings. The summed E-state index contributed by atoms with van der Waals surface area (Å²) >= 11 is 6.47. The van der Waals surface area contributed by atoms with Crippen molar-refractivity contribution in [2.24, 2.45) is 0 Å². The number of nitrogens with zero attached hydrogens (tertiary/aromatic N) is 2. The third-order valence-corrected chi connectivity index (χ3v) is 6.17. The first-order chi connectivity index (χ1) is 15.0. The van der Waals surface area contributed by atoms with Crippen molar-refractivity contribution >= 4 is 29.1 Å². The average Bonchev–Trinajstić information content (AvgIpc) is 3.03. The molecular weight excluding hydrogens is 416 g/mol. The van der Waals surface area contributed by atoms with E-state index in [2.05, 4.69) is 4.90 Å². The number of carbonyl (C=O) groups is 2. The van der Waals surface area contributed by atoms with E-state index in [1.807, 2.05) is 25.1 Å². The number of morpholine rings is 1. The Morgan fingerprint density at radius 3 is 2.42 bits per heavy atom. The molecule has 0 saturated carbocycles. The Balaban J connectivity index is 1.75. The molecule has 2 saturated heterocycles. The molecule has 31 heavy (non-hydrogen) atoms. The molecule has 2 fully saturated rings. The van der Waals surface area contributed by atoms with E-state index in [4.69, 9.17) is 16.3 Å². The van der Waals surface area contributed by atoms with Gasteiger partial charge in [0.1, 0.15) is 5.76 Å².